The molecule has 0 saturated heterocycles. The number of carbonyl (C=O) groups is 4. The molecule has 1 fully saturated rings. The number of halogens is 2. The molecular formula is C27H31BrFN3O5. The van der Waals surface area contributed by atoms with Crippen LogP contribution in [0.4, 0.5) is 4.39 Å². The SMILES string of the molecule is Cc1ccn2c1C(=O)N(Cc1ccc(Br)cc1F)C(=O)C2(C(N)=O)C(=O)OC1CC(C)CCC1C(C)C. The van der Waals surface area contributed by atoms with Crippen LogP contribution in [-0.2, 0) is 31.2 Å². The maximum atomic E-state index is 14.7. The molecule has 0 spiro atoms. The third-order valence-corrected chi connectivity index (χ3v) is 8.16. The van der Waals surface area contributed by atoms with Gasteiger partial charge in [0.25, 0.3) is 17.7 Å². The summed E-state index contributed by atoms with van der Waals surface area (Å²) in [5.74, 6) is -4.42. The van der Waals surface area contributed by atoms with E-state index >= 15 is 0 Å². The van der Waals surface area contributed by atoms with Crippen LogP contribution in [0.3, 0.4) is 0 Å². The second-order valence-corrected chi connectivity index (χ2v) is 11.4. The molecule has 2 heterocycles. The number of benzene rings is 1. The lowest BCUT2D eigenvalue weighted by Crippen LogP contribution is -2.68. The zero-order valence-electron chi connectivity index (χ0n) is 21.3. The summed E-state index contributed by atoms with van der Waals surface area (Å²) < 4.78 is 22.1. The van der Waals surface area contributed by atoms with Crippen LogP contribution in [0.5, 0.6) is 0 Å². The molecule has 4 atom stereocenters. The molecule has 1 saturated carbocycles. The van der Waals surface area contributed by atoms with Crippen LogP contribution in [0.25, 0.3) is 0 Å². The van der Waals surface area contributed by atoms with Crippen LogP contribution in [-0.4, -0.2) is 39.3 Å². The van der Waals surface area contributed by atoms with Gasteiger partial charge in [-0.3, -0.25) is 19.3 Å². The highest BCUT2D eigenvalue weighted by Crippen LogP contribution is 2.39. The van der Waals surface area contributed by atoms with Gasteiger partial charge < -0.3 is 15.0 Å². The molecule has 0 bridgehead atoms. The van der Waals surface area contributed by atoms with E-state index in [4.69, 9.17) is 10.5 Å². The predicted molar refractivity (Wildman–Crippen MR) is 137 cm³/mol. The van der Waals surface area contributed by atoms with Crippen LogP contribution in [0, 0.1) is 30.5 Å². The molecule has 4 rings (SSSR count). The number of hydrogen-bond donors (Lipinski definition) is 1. The number of esters is 1. The summed E-state index contributed by atoms with van der Waals surface area (Å²) in [4.78, 5) is 55.1. The van der Waals surface area contributed by atoms with Crippen molar-refractivity contribution in [3.05, 3.63) is 57.6 Å². The van der Waals surface area contributed by atoms with E-state index in [0.717, 1.165) is 17.4 Å². The zero-order chi connectivity index (χ0) is 27.2. The van der Waals surface area contributed by atoms with Crippen LogP contribution < -0.4 is 5.73 Å². The summed E-state index contributed by atoms with van der Waals surface area (Å²) in [5.41, 5.74) is 3.58. The van der Waals surface area contributed by atoms with Gasteiger partial charge in [-0.1, -0.05) is 49.2 Å². The van der Waals surface area contributed by atoms with Crippen molar-refractivity contribution < 1.29 is 28.3 Å². The quantitative estimate of drug-likeness (QED) is 0.317. The summed E-state index contributed by atoms with van der Waals surface area (Å²) in [6.45, 7) is 7.27. The number of primary amides is 1. The van der Waals surface area contributed by atoms with Crippen LogP contribution in [0.1, 0.15) is 61.6 Å². The van der Waals surface area contributed by atoms with Crippen molar-refractivity contribution in [2.75, 3.05) is 0 Å². The Labute approximate surface area is 223 Å². The fraction of sp³-hybridized carbons (Fsp3) is 0.481. The van der Waals surface area contributed by atoms with Gasteiger partial charge in [-0.2, -0.15) is 0 Å². The Kier molecular flexibility index (Phi) is 7.34. The Balaban J connectivity index is 1.81. The van der Waals surface area contributed by atoms with E-state index in [9.17, 15) is 23.6 Å². The molecule has 10 heteroatoms. The van der Waals surface area contributed by atoms with Crippen molar-refractivity contribution >= 4 is 39.6 Å². The van der Waals surface area contributed by atoms with Gasteiger partial charge in [-0.05, 0) is 61.3 Å². The summed E-state index contributed by atoms with van der Waals surface area (Å²) >= 11 is 3.18. The van der Waals surface area contributed by atoms with Crippen molar-refractivity contribution in [3.8, 4) is 0 Å². The van der Waals surface area contributed by atoms with Gasteiger partial charge in [-0.25, -0.2) is 9.18 Å². The largest absolute Gasteiger partial charge is 0.460 e. The Hall–Kier alpha value is -3.01. The highest BCUT2D eigenvalue weighted by atomic mass is 79.9. The molecule has 1 aliphatic carbocycles. The first-order valence-corrected chi connectivity index (χ1v) is 13.2. The number of fused-ring (bicyclic) bond motifs is 1. The van der Waals surface area contributed by atoms with Gasteiger partial charge in [0, 0.05) is 16.2 Å². The first-order valence-electron chi connectivity index (χ1n) is 12.4. The highest BCUT2D eigenvalue weighted by molar-refractivity contribution is 9.10. The molecule has 2 N–H and O–H groups in total. The normalized spacial score (nSPS) is 25.8. The van der Waals surface area contributed by atoms with E-state index in [1.54, 1.807) is 13.0 Å². The molecule has 1 aromatic heterocycles. The smallest absolute Gasteiger partial charge is 0.352 e. The lowest BCUT2D eigenvalue weighted by Gasteiger charge is -2.41. The number of imide groups is 1. The number of aryl methyl sites for hydroxylation is 1. The minimum atomic E-state index is -2.63. The van der Waals surface area contributed by atoms with Gasteiger partial charge >= 0.3 is 11.5 Å². The third-order valence-electron chi connectivity index (χ3n) is 7.67. The van der Waals surface area contributed by atoms with E-state index in [1.807, 2.05) is 13.8 Å². The number of carbonyl (C=O) groups excluding carboxylic acids is 4. The molecule has 1 aromatic carbocycles. The van der Waals surface area contributed by atoms with Crippen molar-refractivity contribution in [3.63, 3.8) is 0 Å². The molecule has 1 aliphatic heterocycles. The van der Waals surface area contributed by atoms with Gasteiger partial charge in [0.05, 0.1) is 6.54 Å². The Morgan fingerprint density at radius 3 is 2.57 bits per heavy atom. The van der Waals surface area contributed by atoms with Gasteiger partial charge in [0.15, 0.2) is 0 Å². The molecular weight excluding hydrogens is 545 g/mol. The standard InChI is InChI=1S/C27H31BrFN3O5/c1-14(2)19-8-5-15(3)11-21(19)37-26(36)27(24(30)34)25(35)31(13-17-6-7-18(28)12-20(17)29)23(33)22-16(4)9-10-32(22)27/h6-7,9-10,12,14-15,19,21H,5,8,11,13H2,1-4H3,(H2,30,34). The lowest BCUT2D eigenvalue weighted by molar-refractivity contribution is -0.175. The fourth-order valence-corrected chi connectivity index (χ4v) is 5.88. The average Bonchev–Trinajstić information content (AvgIpc) is 3.19. The predicted octanol–water partition coefficient (Wildman–Crippen LogP) is 4.07. The third kappa shape index (κ3) is 4.49. The molecule has 37 heavy (non-hydrogen) atoms. The first kappa shape index (κ1) is 27.0. The van der Waals surface area contributed by atoms with Crippen molar-refractivity contribution in [2.24, 2.45) is 23.5 Å². The molecule has 2 aliphatic rings. The minimum Gasteiger partial charge on any atom is -0.460 e. The summed E-state index contributed by atoms with van der Waals surface area (Å²) in [6, 6.07) is 5.71. The Bertz CT molecular complexity index is 1270. The minimum absolute atomic E-state index is 0.0373. The fourth-order valence-electron chi connectivity index (χ4n) is 5.55. The van der Waals surface area contributed by atoms with E-state index < -0.39 is 47.7 Å². The van der Waals surface area contributed by atoms with Crippen LogP contribution >= 0.6 is 15.9 Å². The number of hydrogen-bond acceptors (Lipinski definition) is 5. The molecule has 3 amide bonds. The molecule has 8 nitrogen and oxygen atoms in total. The lowest BCUT2D eigenvalue weighted by atomic mass is 9.75. The summed E-state index contributed by atoms with van der Waals surface area (Å²) in [6.07, 6.45) is 3.22. The molecule has 2 aromatic rings. The van der Waals surface area contributed by atoms with E-state index in [1.165, 1.54) is 24.4 Å². The topological polar surface area (TPSA) is 112 Å². The van der Waals surface area contributed by atoms with Crippen molar-refractivity contribution in [2.45, 2.75) is 65.1 Å². The Morgan fingerprint density at radius 1 is 1.24 bits per heavy atom. The Morgan fingerprint density at radius 2 is 1.95 bits per heavy atom. The maximum absolute atomic E-state index is 14.7. The van der Waals surface area contributed by atoms with E-state index in [2.05, 4.69) is 22.9 Å². The first-order chi connectivity index (χ1) is 17.4. The molecule has 0 radical (unpaired) electrons. The second-order valence-electron chi connectivity index (χ2n) is 10.5. The van der Waals surface area contributed by atoms with Crippen molar-refractivity contribution in [1.29, 1.82) is 0 Å². The van der Waals surface area contributed by atoms with Crippen LogP contribution in [0.2, 0.25) is 0 Å². The number of amides is 3. The summed E-state index contributed by atoms with van der Waals surface area (Å²) in [5, 5.41) is 0. The number of rotatable bonds is 6. The monoisotopic (exact) mass is 575 g/mol. The zero-order valence-corrected chi connectivity index (χ0v) is 22.9. The van der Waals surface area contributed by atoms with Gasteiger partial charge in [-0.15, -0.1) is 0 Å². The van der Waals surface area contributed by atoms with E-state index in [0.29, 0.717) is 27.3 Å². The maximum Gasteiger partial charge on any atom is 0.352 e. The number of aromatic nitrogens is 1. The molecule has 4 unspecified atom stereocenters. The number of nitrogens with two attached hydrogens (primary N) is 1. The number of ether oxygens (including phenoxy) is 1. The van der Waals surface area contributed by atoms with Gasteiger partial charge in [0.1, 0.15) is 17.6 Å². The van der Waals surface area contributed by atoms with Crippen molar-refractivity contribution in [1.82, 2.24) is 9.47 Å². The average molecular weight is 576 g/mol. The van der Waals surface area contributed by atoms with Gasteiger partial charge in [0.2, 0.25) is 0 Å². The second kappa shape index (κ2) is 10.0. The molecule has 198 valence electrons. The van der Waals surface area contributed by atoms with Crippen LogP contribution in [0.15, 0.2) is 34.9 Å². The highest BCUT2D eigenvalue weighted by Gasteiger charge is 2.62. The number of nitrogens with zero attached hydrogens (tertiary/aromatic N) is 2. The summed E-state index contributed by atoms with van der Waals surface area (Å²) in [7, 11) is 0. The van der Waals surface area contributed by atoms with E-state index in [-0.39, 0.29) is 23.1 Å².